The van der Waals surface area contributed by atoms with Gasteiger partial charge < -0.3 is 25.8 Å². The number of likely N-dealkylation sites (N-methyl/N-ethyl adjacent to an activating group) is 1. The van der Waals surface area contributed by atoms with Crippen LogP contribution in [0.2, 0.25) is 0 Å². The number of carbonyl (C=O) groups excluding carboxylic acids is 3. The number of methoxy groups -OCH3 is 1. The standard InChI is InChI=1S/C10H17N3O6/c1-3-13(5-8(15)19-2)10(18)12-6(9(16)17)4-7(11)14/h6H,3-5H2,1-2H3,(H2,11,14)(H,12,18)(H,16,17)/t6-/m1/s1. The molecule has 0 aliphatic carbocycles. The summed E-state index contributed by atoms with van der Waals surface area (Å²) in [5.41, 5.74) is 4.88. The molecule has 0 aliphatic rings. The van der Waals surface area contributed by atoms with Crippen LogP contribution in [0.5, 0.6) is 0 Å². The molecule has 0 aromatic rings. The quantitative estimate of drug-likeness (QED) is 0.484. The molecule has 3 amide bonds. The van der Waals surface area contributed by atoms with Gasteiger partial charge in [-0.3, -0.25) is 9.59 Å². The number of urea groups is 1. The Balaban J connectivity index is 4.63. The number of carboxylic acid groups (broad SMARTS) is 1. The lowest BCUT2D eigenvalue weighted by atomic mass is 10.2. The minimum atomic E-state index is -1.43. The van der Waals surface area contributed by atoms with Gasteiger partial charge in [0.2, 0.25) is 5.91 Å². The molecule has 4 N–H and O–H groups in total. The first-order valence-corrected chi connectivity index (χ1v) is 5.45. The summed E-state index contributed by atoms with van der Waals surface area (Å²) in [6.07, 6.45) is -0.531. The molecule has 0 bridgehead atoms. The Bertz CT molecular complexity index is 370. The number of nitrogens with two attached hydrogens (primary N) is 1. The van der Waals surface area contributed by atoms with E-state index in [9.17, 15) is 19.2 Å². The predicted molar refractivity (Wildman–Crippen MR) is 63.0 cm³/mol. The average Bonchev–Trinajstić information content (AvgIpc) is 2.33. The highest BCUT2D eigenvalue weighted by Crippen LogP contribution is 1.96. The molecule has 0 unspecified atom stereocenters. The van der Waals surface area contributed by atoms with Gasteiger partial charge in [-0.05, 0) is 6.92 Å². The molecular weight excluding hydrogens is 258 g/mol. The van der Waals surface area contributed by atoms with Crippen molar-refractivity contribution in [1.29, 1.82) is 0 Å². The average molecular weight is 275 g/mol. The molecule has 0 aromatic carbocycles. The fourth-order valence-corrected chi connectivity index (χ4v) is 1.19. The van der Waals surface area contributed by atoms with Crippen LogP contribution in [-0.2, 0) is 19.1 Å². The van der Waals surface area contributed by atoms with Gasteiger partial charge in [-0.2, -0.15) is 0 Å². The molecular formula is C10H17N3O6. The number of nitrogens with zero attached hydrogens (tertiary/aromatic N) is 1. The minimum Gasteiger partial charge on any atom is -0.480 e. The van der Waals surface area contributed by atoms with E-state index in [2.05, 4.69) is 10.1 Å². The van der Waals surface area contributed by atoms with Crippen LogP contribution in [0.25, 0.3) is 0 Å². The van der Waals surface area contributed by atoms with Crippen LogP contribution in [-0.4, -0.2) is 60.1 Å². The summed E-state index contributed by atoms with van der Waals surface area (Å²) in [4.78, 5) is 45.3. The molecule has 0 rings (SSSR count). The first-order valence-electron chi connectivity index (χ1n) is 5.45. The Kier molecular flexibility index (Phi) is 6.94. The lowest BCUT2D eigenvalue weighted by Gasteiger charge is -2.22. The van der Waals surface area contributed by atoms with Crippen molar-refractivity contribution in [2.24, 2.45) is 5.73 Å². The van der Waals surface area contributed by atoms with Crippen molar-refractivity contribution in [2.45, 2.75) is 19.4 Å². The Labute approximate surface area is 109 Å². The number of amides is 3. The van der Waals surface area contributed by atoms with E-state index in [0.29, 0.717) is 0 Å². The van der Waals surface area contributed by atoms with Gasteiger partial charge in [0.1, 0.15) is 12.6 Å². The molecule has 0 heterocycles. The third-order valence-corrected chi connectivity index (χ3v) is 2.22. The van der Waals surface area contributed by atoms with Gasteiger partial charge in [-0.15, -0.1) is 0 Å². The molecule has 0 aromatic heterocycles. The van der Waals surface area contributed by atoms with Crippen molar-refractivity contribution < 1.29 is 29.0 Å². The van der Waals surface area contributed by atoms with Crippen LogP contribution in [0.3, 0.4) is 0 Å². The number of esters is 1. The molecule has 0 saturated carbocycles. The Morgan fingerprint density at radius 1 is 1.37 bits per heavy atom. The second-order valence-electron chi connectivity index (χ2n) is 3.60. The van der Waals surface area contributed by atoms with E-state index in [0.717, 1.165) is 4.90 Å². The molecule has 19 heavy (non-hydrogen) atoms. The minimum absolute atomic E-state index is 0.170. The zero-order valence-electron chi connectivity index (χ0n) is 10.7. The summed E-state index contributed by atoms with van der Waals surface area (Å²) in [7, 11) is 1.17. The summed E-state index contributed by atoms with van der Waals surface area (Å²) in [6.45, 7) is 1.46. The highest BCUT2D eigenvalue weighted by atomic mass is 16.5. The first kappa shape index (κ1) is 16.7. The number of ether oxygens (including phenoxy) is 1. The Hall–Kier alpha value is -2.32. The van der Waals surface area contributed by atoms with Crippen LogP contribution in [0.15, 0.2) is 0 Å². The molecule has 108 valence electrons. The number of carboxylic acids is 1. The van der Waals surface area contributed by atoms with Crippen molar-refractivity contribution in [2.75, 3.05) is 20.2 Å². The topological polar surface area (TPSA) is 139 Å². The molecule has 1 atom stereocenters. The normalized spacial score (nSPS) is 11.3. The van der Waals surface area contributed by atoms with E-state index in [1.54, 1.807) is 6.92 Å². The number of carbonyl (C=O) groups is 4. The summed E-state index contributed by atoms with van der Waals surface area (Å²) < 4.78 is 4.40. The lowest BCUT2D eigenvalue weighted by molar-refractivity contribution is -0.141. The van der Waals surface area contributed by atoms with E-state index in [4.69, 9.17) is 10.8 Å². The highest BCUT2D eigenvalue weighted by Gasteiger charge is 2.25. The maximum atomic E-state index is 11.7. The fourth-order valence-electron chi connectivity index (χ4n) is 1.19. The maximum absolute atomic E-state index is 11.7. The van der Waals surface area contributed by atoms with Crippen molar-refractivity contribution in [3.63, 3.8) is 0 Å². The van der Waals surface area contributed by atoms with Crippen LogP contribution >= 0.6 is 0 Å². The zero-order valence-corrected chi connectivity index (χ0v) is 10.7. The number of aliphatic carboxylic acids is 1. The molecule has 0 spiro atoms. The van der Waals surface area contributed by atoms with Gasteiger partial charge in [-0.1, -0.05) is 0 Å². The van der Waals surface area contributed by atoms with E-state index in [1.807, 2.05) is 0 Å². The van der Waals surface area contributed by atoms with Crippen molar-refractivity contribution in [3.8, 4) is 0 Å². The maximum Gasteiger partial charge on any atom is 0.326 e. The number of nitrogens with one attached hydrogen (secondary N) is 1. The van der Waals surface area contributed by atoms with Gasteiger partial charge in [-0.25, -0.2) is 9.59 Å². The molecule has 9 nitrogen and oxygen atoms in total. The molecule has 0 saturated heterocycles. The zero-order chi connectivity index (χ0) is 15.0. The highest BCUT2D eigenvalue weighted by molar-refractivity contribution is 5.88. The van der Waals surface area contributed by atoms with Crippen LogP contribution in [0, 0.1) is 0 Å². The third-order valence-electron chi connectivity index (χ3n) is 2.22. The van der Waals surface area contributed by atoms with Crippen molar-refractivity contribution in [1.82, 2.24) is 10.2 Å². The van der Waals surface area contributed by atoms with Crippen molar-refractivity contribution in [3.05, 3.63) is 0 Å². The van der Waals surface area contributed by atoms with Crippen molar-refractivity contribution >= 4 is 23.9 Å². The second kappa shape index (κ2) is 7.90. The van der Waals surface area contributed by atoms with E-state index in [1.165, 1.54) is 7.11 Å². The van der Waals surface area contributed by atoms with Gasteiger partial charge in [0.05, 0.1) is 13.5 Å². The largest absolute Gasteiger partial charge is 0.480 e. The summed E-state index contributed by atoms with van der Waals surface area (Å²) >= 11 is 0. The van der Waals surface area contributed by atoms with Crippen LogP contribution < -0.4 is 11.1 Å². The summed E-state index contributed by atoms with van der Waals surface area (Å²) in [5, 5.41) is 10.9. The first-order chi connectivity index (χ1) is 8.81. The van der Waals surface area contributed by atoms with Gasteiger partial charge >= 0.3 is 18.0 Å². The van der Waals surface area contributed by atoms with Gasteiger partial charge in [0.25, 0.3) is 0 Å². The smallest absolute Gasteiger partial charge is 0.326 e. The number of hydrogen-bond acceptors (Lipinski definition) is 5. The number of rotatable bonds is 7. The number of hydrogen-bond donors (Lipinski definition) is 3. The molecule has 0 radical (unpaired) electrons. The van der Waals surface area contributed by atoms with Gasteiger partial charge in [0, 0.05) is 6.54 Å². The van der Waals surface area contributed by atoms with Crippen LogP contribution in [0.4, 0.5) is 4.79 Å². The lowest BCUT2D eigenvalue weighted by Crippen LogP contribution is -2.50. The molecule has 9 heteroatoms. The van der Waals surface area contributed by atoms with E-state index in [-0.39, 0.29) is 13.1 Å². The molecule has 0 aliphatic heterocycles. The Morgan fingerprint density at radius 3 is 2.32 bits per heavy atom. The third kappa shape index (κ3) is 6.24. The summed E-state index contributed by atoms with van der Waals surface area (Å²) in [6, 6.07) is -2.22. The monoisotopic (exact) mass is 275 g/mol. The van der Waals surface area contributed by atoms with Crippen LogP contribution in [0.1, 0.15) is 13.3 Å². The fraction of sp³-hybridized carbons (Fsp3) is 0.600. The van der Waals surface area contributed by atoms with E-state index >= 15 is 0 Å². The van der Waals surface area contributed by atoms with Gasteiger partial charge in [0.15, 0.2) is 0 Å². The predicted octanol–water partition coefficient (Wildman–Crippen LogP) is -1.48. The van der Waals surface area contributed by atoms with E-state index < -0.39 is 36.3 Å². The SMILES string of the molecule is CCN(CC(=O)OC)C(=O)N[C@H](CC(N)=O)C(=O)O. The Morgan fingerprint density at radius 2 is 1.95 bits per heavy atom. The number of primary amides is 1. The second-order valence-corrected chi connectivity index (χ2v) is 3.60. The molecule has 0 fully saturated rings. The summed E-state index contributed by atoms with van der Waals surface area (Å²) in [5.74, 6) is -2.89.